The Labute approximate surface area is 177 Å². The van der Waals surface area contributed by atoms with E-state index in [1.807, 2.05) is 0 Å². The topological polar surface area (TPSA) is 140 Å². The number of nitrogens with zero attached hydrogens (tertiary/aromatic N) is 3. The van der Waals surface area contributed by atoms with Gasteiger partial charge in [-0.3, -0.25) is 10.1 Å². The SMILES string of the molecule is C[C@H](COc1cc2ncnc(Nc3ccc(Br)cc3F)c2cc1[N+](=O)[O-])NC(=O)O. The fraction of sp³-hybridized carbons (Fsp3) is 0.167. The molecule has 0 aliphatic heterocycles. The van der Waals surface area contributed by atoms with Crippen molar-refractivity contribution < 1.29 is 24.0 Å². The van der Waals surface area contributed by atoms with E-state index in [0.29, 0.717) is 9.99 Å². The van der Waals surface area contributed by atoms with Crippen molar-refractivity contribution in [2.75, 3.05) is 11.9 Å². The summed E-state index contributed by atoms with van der Waals surface area (Å²) < 4.78 is 20.2. The molecule has 0 aliphatic carbocycles. The molecule has 0 saturated carbocycles. The molecule has 1 atom stereocenters. The monoisotopic (exact) mass is 479 g/mol. The molecule has 1 amide bonds. The molecule has 12 heteroatoms. The van der Waals surface area contributed by atoms with E-state index in [0.717, 1.165) is 0 Å². The zero-order valence-electron chi connectivity index (χ0n) is 15.4. The van der Waals surface area contributed by atoms with Gasteiger partial charge in [0.2, 0.25) is 0 Å². The van der Waals surface area contributed by atoms with Crippen LogP contribution in [-0.2, 0) is 0 Å². The number of halogens is 2. The van der Waals surface area contributed by atoms with Gasteiger partial charge in [-0.1, -0.05) is 15.9 Å². The molecule has 3 rings (SSSR count). The molecule has 0 spiro atoms. The number of fused-ring (bicyclic) bond motifs is 1. The van der Waals surface area contributed by atoms with Gasteiger partial charge >= 0.3 is 11.8 Å². The quantitative estimate of drug-likeness (QED) is 0.338. The standard InChI is InChI=1S/C18H15BrFN5O5/c1-9(23-18(26)27)7-30-16-6-14-11(5-15(16)25(28)29)17(22-8-21-14)24-13-3-2-10(19)4-12(13)20/h2-6,8-9,23H,7H2,1H3,(H,26,27)(H,21,22,24)/t9-/m1/s1. The highest BCUT2D eigenvalue weighted by atomic mass is 79.9. The van der Waals surface area contributed by atoms with Crippen molar-refractivity contribution in [2.45, 2.75) is 13.0 Å². The molecule has 156 valence electrons. The second kappa shape index (κ2) is 8.86. The molecule has 0 radical (unpaired) electrons. The van der Waals surface area contributed by atoms with Crippen LogP contribution < -0.4 is 15.4 Å². The Morgan fingerprint density at radius 2 is 2.13 bits per heavy atom. The van der Waals surface area contributed by atoms with Crippen LogP contribution in [-0.4, -0.2) is 38.7 Å². The molecule has 1 heterocycles. The summed E-state index contributed by atoms with van der Waals surface area (Å²) in [5.41, 5.74) is 0.0957. The number of benzene rings is 2. The smallest absolute Gasteiger partial charge is 0.404 e. The van der Waals surface area contributed by atoms with E-state index in [4.69, 9.17) is 9.84 Å². The first-order valence-electron chi connectivity index (χ1n) is 8.52. The van der Waals surface area contributed by atoms with Crippen LogP contribution in [0.3, 0.4) is 0 Å². The van der Waals surface area contributed by atoms with Gasteiger partial charge in [0.25, 0.3) is 0 Å². The number of nitro groups is 1. The predicted molar refractivity (Wildman–Crippen MR) is 110 cm³/mol. The summed E-state index contributed by atoms with van der Waals surface area (Å²) in [6, 6.07) is 6.38. The van der Waals surface area contributed by atoms with Gasteiger partial charge in [-0.2, -0.15) is 0 Å². The van der Waals surface area contributed by atoms with E-state index in [2.05, 4.69) is 36.5 Å². The summed E-state index contributed by atoms with van der Waals surface area (Å²) in [5.74, 6) is -0.437. The minimum Gasteiger partial charge on any atom is -0.485 e. The van der Waals surface area contributed by atoms with E-state index in [1.54, 1.807) is 13.0 Å². The lowest BCUT2D eigenvalue weighted by Crippen LogP contribution is -2.35. The Morgan fingerprint density at radius 3 is 2.80 bits per heavy atom. The Kier molecular flexibility index (Phi) is 6.26. The normalized spacial score (nSPS) is 11.7. The minimum atomic E-state index is -1.23. The first-order valence-corrected chi connectivity index (χ1v) is 9.31. The molecule has 1 aromatic heterocycles. The van der Waals surface area contributed by atoms with Gasteiger partial charge in [-0.05, 0) is 25.1 Å². The summed E-state index contributed by atoms with van der Waals surface area (Å²) in [6.45, 7) is 1.43. The maximum atomic E-state index is 14.2. The molecule has 0 aliphatic rings. The van der Waals surface area contributed by atoms with Crippen molar-refractivity contribution in [3.05, 3.63) is 57.1 Å². The van der Waals surface area contributed by atoms with Crippen molar-refractivity contribution in [3.63, 3.8) is 0 Å². The maximum absolute atomic E-state index is 14.2. The second-order valence-corrected chi connectivity index (χ2v) is 7.14. The number of hydrogen-bond donors (Lipinski definition) is 3. The largest absolute Gasteiger partial charge is 0.485 e. The summed E-state index contributed by atoms with van der Waals surface area (Å²) in [7, 11) is 0. The number of rotatable bonds is 7. The van der Waals surface area contributed by atoms with Crippen LogP contribution in [0.1, 0.15) is 6.92 Å². The number of anilines is 2. The molecule has 0 fully saturated rings. The van der Waals surface area contributed by atoms with Crippen molar-refractivity contribution in [1.82, 2.24) is 15.3 Å². The molecular formula is C18H15BrFN5O5. The van der Waals surface area contributed by atoms with Crippen LogP contribution in [0, 0.1) is 15.9 Å². The average Bonchev–Trinajstić information content (AvgIpc) is 2.67. The fourth-order valence-corrected chi connectivity index (χ4v) is 2.95. The van der Waals surface area contributed by atoms with E-state index in [1.165, 1.54) is 30.6 Å². The van der Waals surface area contributed by atoms with Crippen LogP contribution in [0.4, 0.5) is 26.4 Å². The van der Waals surface area contributed by atoms with Gasteiger partial charge in [0.1, 0.15) is 24.6 Å². The van der Waals surface area contributed by atoms with Gasteiger partial charge in [0, 0.05) is 16.6 Å². The number of hydrogen-bond acceptors (Lipinski definition) is 7. The highest BCUT2D eigenvalue weighted by Gasteiger charge is 2.20. The molecule has 0 bridgehead atoms. The molecule has 0 saturated heterocycles. The molecule has 2 aromatic carbocycles. The number of aromatic nitrogens is 2. The van der Waals surface area contributed by atoms with Crippen molar-refractivity contribution in [2.24, 2.45) is 0 Å². The van der Waals surface area contributed by atoms with Crippen LogP contribution in [0.5, 0.6) is 5.75 Å². The lowest BCUT2D eigenvalue weighted by molar-refractivity contribution is -0.385. The summed E-state index contributed by atoms with van der Waals surface area (Å²) in [4.78, 5) is 29.7. The van der Waals surface area contributed by atoms with Crippen LogP contribution in [0.25, 0.3) is 10.9 Å². The fourth-order valence-electron chi connectivity index (χ4n) is 2.62. The molecular weight excluding hydrogens is 465 g/mol. The Hall–Kier alpha value is -3.54. The third-order valence-electron chi connectivity index (χ3n) is 3.96. The predicted octanol–water partition coefficient (Wildman–Crippen LogP) is 4.22. The lowest BCUT2D eigenvalue weighted by Gasteiger charge is -2.14. The summed E-state index contributed by atoms with van der Waals surface area (Å²) >= 11 is 3.17. The van der Waals surface area contributed by atoms with Crippen LogP contribution in [0.15, 0.2) is 41.1 Å². The lowest BCUT2D eigenvalue weighted by atomic mass is 10.2. The highest BCUT2D eigenvalue weighted by Crippen LogP contribution is 2.35. The van der Waals surface area contributed by atoms with Gasteiger partial charge in [0.05, 0.1) is 27.6 Å². The van der Waals surface area contributed by atoms with E-state index in [9.17, 15) is 19.3 Å². The van der Waals surface area contributed by atoms with Crippen molar-refractivity contribution >= 4 is 50.1 Å². The number of carboxylic acid groups (broad SMARTS) is 1. The van der Waals surface area contributed by atoms with E-state index in [-0.39, 0.29) is 34.9 Å². The van der Waals surface area contributed by atoms with Crippen LogP contribution in [0.2, 0.25) is 0 Å². The Bertz CT molecular complexity index is 1130. The number of amides is 1. The summed E-state index contributed by atoms with van der Waals surface area (Å²) in [6.07, 6.45) is -0.00574. The van der Waals surface area contributed by atoms with Crippen molar-refractivity contribution in [3.8, 4) is 5.75 Å². The number of carbonyl (C=O) groups is 1. The van der Waals surface area contributed by atoms with Gasteiger partial charge in [-0.25, -0.2) is 19.2 Å². The van der Waals surface area contributed by atoms with E-state index < -0.39 is 22.9 Å². The first kappa shape index (κ1) is 21.2. The molecule has 30 heavy (non-hydrogen) atoms. The van der Waals surface area contributed by atoms with Gasteiger partial charge in [0.15, 0.2) is 5.75 Å². The molecule has 3 aromatic rings. The molecule has 10 nitrogen and oxygen atoms in total. The first-order chi connectivity index (χ1) is 14.2. The van der Waals surface area contributed by atoms with Crippen molar-refractivity contribution in [1.29, 1.82) is 0 Å². The number of nitrogens with one attached hydrogen (secondary N) is 2. The van der Waals surface area contributed by atoms with Crippen LogP contribution >= 0.6 is 15.9 Å². The summed E-state index contributed by atoms with van der Waals surface area (Å²) in [5, 5.41) is 25.6. The second-order valence-electron chi connectivity index (χ2n) is 6.23. The van der Waals surface area contributed by atoms with Gasteiger partial charge < -0.3 is 20.5 Å². The maximum Gasteiger partial charge on any atom is 0.404 e. The number of ether oxygens (including phenoxy) is 1. The Morgan fingerprint density at radius 1 is 1.37 bits per heavy atom. The van der Waals surface area contributed by atoms with E-state index >= 15 is 0 Å². The number of nitro benzene ring substituents is 1. The van der Waals surface area contributed by atoms with Gasteiger partial charge in [-0.15, -0.1) is 0 Å². The molecule has 3 N–H and O–H groups in total. The Balaban J connectivity index is 1.97. The average molecular weight is 480 g/mol. The zero-order valence-corrected chi connectivity index (χ0v) is 17.0. The zero-order chi connectivity index (χ0) is 21.8. The third-order valence-corrected chi connectivity index (χ3v) is 4.45. The highest BCUT2D eigenvalue weighted by molar-refractivity contribution is 9.10. The third kappa shape index (κ3) is 4.89. The molecule has 0 unspecified atom stereocenters. The minimum absolute atomic E-state index is 0.0778.